The second-order valence-electron chi connectivity index (χ2n) is 8.41. The van der Waals surface area contributed by atoms with E-state index >= 15 is 0 Å². The lowest BCUT2D eigenvalue weighted by molar-refractivity contribution is 0.220. The van der Waals surface area contributed by atoms with E-state index in [1.807, 2.05) is 70.7 Å². The van der Waals surface area contributed by atoms with E-state index < -0.39 is 0 Å². The van der Waals surface area contributed by atoms with Gasteiger partial charge in [0.05, 0.1) is 11.0 Å². The van der Waals surface area contributed by atoms with Crippen LogP contribution in [0.2, 0.25) is 0 Å². The summed E-state index contributed by atoms with van der Waals surface area (Å²) in [5.41, 5.74) is 10.1. The third-order valence-electron chi connectivity index (χ3n) is 5.57. The molecule has 0 aliphatic rings. The van der Waals surface area contributed by atoms with E-state index in [0.29, 0.717) is 6.54 Å². The topological polar surface area (TPSA) is 103 Å². The number of hydrogen-bond donors (Lipinski definition) is 3. The summed E-state index contributed by atoms with van der Waals surface area (Å²) in [5.74, 6) is 1.06. The quantitative estimate of drug-likeness (QED) is 0.355. The number of carbonyl (C=O) groups is 1. The van der Waals surface area contributed by atoms with Crippen molar-refractivity contribution in [3.63, 3.8) is 0 Å². The first-order valence-corrected chi connectivity index (χ1v) is 10.8. The fourth-order valence-corrected chi connectivity index (χ4v) is 3.60. The Labute approximate surface area is 189 Å². The Bertz CT molecular complexity index is 1090. The summed E-state index contributed by atoms with van der Waals surface area (Å²) in [6, 6.07) is 13.5. The first-order chi connectivity index (χ1) is 15.2. The molecule has 0 bridgehead atoms. The number of anilines is 1. The van der Waals surface area contributed by atoms with Crippen molar-refractivity contribution in [1.29, 1.82) is 5.41 Å². The van der Waals surface area contributed by atoms with Crippen LogP contribution in [0, 0.1) is 5.41 Å². The zero-order valence-electron chi connectivity index (χ0n) is 19.4. The lowest BCUT2D eigenvalue weighted by atomic mass is 10.1. The van der Waals surface area contributed by atoms with Crippen LogP contribution in [0.4, 0.5) is 10.5 Å². The highest BCUT2D eigenvalue weighted by atomic mass is 16.2. The second-order valence-corrected chi connectivity index (χ2v) is 8.41. The molecule has 8 heteroatoms. The summed E-state index contributed by atoms with van der Waals surface area (Å²) in [4.78, 5) is 21.1. The molecule has 1 heterocycles. The number of benzene rings is 2. The van der Waals surface area contributed by atoms with Gasteiger partial charge < -0.3 is 25.4 Å². The van der Waals surface area contributed by atoms with Crippen LogP contribution in [0.15, 0.2) is 42.5 Å². The van der Waals surface area contributed by atoms with Crippen molar-refractivity contribution in [2.75, 3.05) is 39.5 Å². The summed E-state index contributed by atoms with van der Waals surface area (Å²) < 4.78 is 2.10. The Morgan fingerprint density at radius 3 is 2.47 bits per heavy atom. The van der Waals surface area contributed by atoms with Gasteiger partial charge in [-0.05, 0) is 57.2 Å². The van der Waals surface area contributed by atoms with E-state index in [1.54, 1.807) is 4.90 Å². The standard InChI is InChI=1S/C24H33N7O/c1-29(2)14-5-15-30(3)24(32)27-19-11-12-21-20(16-19)28-22(31(21)4)13-8-17-6-9-18(10-7-17)23(25)26/h6-7,9-12,16H,5,8,13-15H2,1-4H3,(H3,25,26)(H,27,32). The molecule has 3 aromatic rings. The maximum Gasteiger partial charge on any atom is 0.321 e. The van der Waals surface area contributed by atoms with Crippen molar-refractivity contribution >= 4 is 28.6 Å². The molecule has 170 valence electrons. The largest absolute Gasteiger partial charge is 0.384 e. The summed E-state index contributed by atoms with van der Waals surface area (Å²) in [6.07, 6.45) is 2.56. The van der Waals surface area contributed by atoms with Crippen molar-refractivity contribution in [3.05, 3.63) is 59.4 Å². The van der Waals surface area contributed by atoms with Crippen LogP contribution in [-0.2, 0) is 19.9 Å². The van der Waals surface area contributed by atoms with Crippen molar-refractivity contribution in [2.45, 2.75) is 19.3 Å². The maximum absolute atomic E-state index is 12.5. The van der Waals surface area contributed by atoms with E-state index in [9.17, 15) is 4.79 Å². The number of nitrogens with zero attached hydrogens (tertiary/aromatic N) is 4. The highest BCUT2D eigenvalue weighted by Gasteiger charge is 2.12. The lowest BCUT2D eigenvalue weighted by Gasteiger charge is -2.19. The van der Waals surface area contributed by atoms with Crippen molar-refractivity contribution in [3.8, 4) is 0 Å². The molecule has 0 saturated heterocycles. The average Bonchev–Trinajstić information content (AvgIpc) is 3.07. The highest BCUT2D eigenvalue weighted by Crippen LogP contribution is 2.21. The number of aromatic nitrogens is 2. The highest BCUT2D eigenvalue weighted by molar-refractivity contribution is 5.95. The molecular formula is C24H33N7O. The predicted octanol–water partition coefficient (Wildman–Crippen LogP) is 3.06. The second kappa shape index (κ2) is 10.3. The van der Waals surface area contributed by atoms with Gasteiger partial charge in [-0.2, -0.15) is 0 Å². The van der Waals surface area contributed by atoms with Crippen molar-refractivity contribution < 1.29 is 4.79 Å². The molecule has 0 unspecified atom stereocenters. The number of nitrogens with two attached hydrogens (primary N) is 1. The van der Waals surface area contributed by atoms with E-state index in [-0.39, 0.29) is 11.9 Å². The van der Waals surface area contributed by atoms with Gasteiger partial charge >= 0.3 is 6.03 Å². The average molecular weight is 436 g/mol. The molecule has 0 saturated carbocycles. The van der Waals surface area contributed by atoms with Crippen LogP contribution in [-0.4, -0.2) is 65.5 Å². The first kappa shape index (κ1) is 23.3. The van der Waals surface area contributed by atoms with Gasteiger partial charge in [0.1, 0.15) is 11.7 Å². The molecule has 8 nitrogen and oxygen atoms in total. The fraction of sp³-hybridized carbons (Fsp3) is 0.375. The summed E-state index contributed by atoms with van der Waals surface area (Å²) in [5, 5.41) is 10.5. The Morgan fingerprint density at radius 1 is 1.09 bits per heavy atom. The Balaban J connectivity index is 1.64. The van der Waals surface area contributed by atoms with Crippen LogP contribution in [0.25, 0.3) is 11.0 Å². The number of amides is 2. The number of hydrogen-bond acceptors (Lipinski definition) is 4. The number of carbonyl (C=O) groups excluding carboxylic acids is 1. The fourth-order valence-electron chi connectivity index (χ4n) is 3.60. The van der Waals surface area contributed by atoms with Gasteiger partial charge in [-0.3, -0.25) is 5.41 Å². The minimum atomic E-state index is -0.117. The van der Waals surface area contributed by atoms with Gasteiger partial charge in [-0.1, -0.05) is 24.3 Å². The molecule has 0 spiro atoms. The zero-order valence-corrected chi connectivity index (χ0v) is 19.4. The molecule has 2 amide bonds. The molecular weight excluding hydrogens is 402 g/mol. The molecule has 0 radical (unpaired) electrons. The van der Waals surface area contributed by atoms with Gasteiger partial charge in [0, 0.05) is 38.3 Å². The monoisotopic (exact) mass is 435 g/mol. The van der Waals surface area contributed by atoms with Gasteiger partial charge in [-0.15, -0.1) is 0 Å². The molecule has 2 aromatic carbocycles. The van der Waals surface area contributed by atoms with E-state index in [4.69, 9.17) is 16.1 Å². The molecule has 0 aliphatic carbocycles. The zero-order chi connectivity index (χ0) is 23.3. The molecule has 1 aromatic heterocycles. The van der Waals surface area contributed by atoms with Crippen LogP contribution in [0.5, 0.6) is 0 Å². The van der Waals surface area contributed by atoms with Gasteiger partial charge in [0.25, 0.3) is 0 Å². The number of aryl methyl sites for hydroxylation is 3. The maximum atomic E-state index is 12.5. The Hall–Kier alpha value is -3.39. The molecule has 0 aliphatic heterocycles. The molecule has 0 atom stereocenters. The summed E-state index contributed by atoms with van der Waals surface area (Å²) >= 11 is 0. The molecule has 0 fully saturated rings. The van der Waals surface area contributed by atoms with Crippen LogP contribution < -0.4 is 11.1 Å². The SMILES string of the molecule is CN(C)CCCN(C)C(=O)Nc1ccc2c(c1)nc(CCc1ccc(C(=N)N)cc1)n2C. The smallest absolute Gasteiger partial charge is 0.321 e. The minimum absolute atomic E-state index is 0.0783. The van der Waals surface area contributed by atoms with Gasteiger partial charge in [0.15, 0.2) is 0 Å². The number of amidine groups is 1. The third kappa shape index (κ3) is 5.85. The van der Waals surface area contributed by atoms with Crippen molar-refractivity contribution in [2.24, 2.45) is 12.8 Å². The summed E-state index contributed by atoms with van der Waals surface area (Å²) in [6.45, 7) is 1.65. The van der Waals surface area contributed by atoms with Gasteiger partial charge in [0.2, 0.25) is 0 Å². The van der Waals surface area contributed by atoms with Crippen LogP contribution >= 0.6 is 0 Å². The molecule has 4 N–H and O–H groups in total. The first-order valence-electron chi connectivity index (χ1n) is 10.8. The van der Waals surface area contributed by atoms with E-state index in [2.05, 4.69) is 14.8 Å². The Morgan fingerprint density at radius 2 is 1.81 bits per heavy atom. The van der Waals surface area contributed by atoms with Crippen molar-refractivity contribution in [1.82, 2.24) is 19.4 Å². The van der Waals surface area contributed by atoms with E-state index in [0.717, 1.165) is 53.9 Å². The number of imidazole rings is 1. The molecule has 32 heavy (non-hydrogen) atoms. The molecule has 3 rings (SSSR count). The lowest BCUT2D eigenvalue weighted by Crippen LogP contribution is -2.33. The number of rotatable bonds is 9. The number of nitrogen functional groups attached to an aromatic ring is 1. The Kier molecular flexibility index (Phi) is 7.48. The van der Waals surface area contributed by atoms with E-state index in [1.165, 1.54) is 5.56 Å². The summed E-state index contributed by atoms with van der Waals surface area (Å²) in [7, 11) is 7.88. The number of urea groups is 1. The van der Waals surface area contributed by atoms with Crippen LogP contribution in [0.3, 0.4) is 0 Å². The minimum Gasteiger partial charge on any atom is -0.384 e. The third-order valence-corrected chi connectivity index (χ3v) is 5.57. The number of nitrogens with one attached hydrogen (secondary N) is 2. The predicted molar refractivity (Wildman–Crippen MR) is 130 cm³/mol. The van der Waals surface area contributed by atoms with Gasteiger partial charge in [-0.25, -0.2) is 9.78 Å². The normalized spacial score (nSPS) is 11.2. The number of fused-ring (bicyclic) bond motifs is 1. The van der Waals surface area contributed by atoms with Crippen LogP contribution in [0.1, 0.15) is 23.4 Å².